The Morgan fingerprint density at radius 2 is 2.14 bits per heavy atom. The first-order valence-electron chi connectivity index (χ1n) is 7.66. The van der Waals surface area contributed by atoms with Gasteiger partial charge < -0.3 is 14.4 Å². The van der Waals surface area contributed by atoms with Gasteiger partial charge in [0.1, 0.15) is 5.69 Å². The van der Waals surface area contributed by atoms with E-state index < -0.39 is 5.79 Å². The SMILES string of the molecule is CCn1cc(-c2cncc(N3CCC4(C3)OCCO4)c2)nn1. The highest BCUT2D eigenvalue weighted by Gasteiger charge is 2.43. The predicted octanol–water partition coefficient (Wildman–Crippen LogP) is 1.31. The second kappa shape index (κ2) is 5.33. The minimum atomic E-state index is -0.415. The summed E-state index contributed by atoms with van der Waals surface area (Å²) in [6.45, 7) is 5.88. The summed E-state index contributed by atoms with van der Waals surface area (Å²) in [4.78, 5) is 6.61. The molecule has 7 nitrogen and oxygen atoms in total. The van der Waals surface area contributed by atoms with Gasteiger partial charge in [-0.1, -0.05) is 5.21 Å². The molecule has 116 valence electrons. The molecule has 2 saturated heterocycles. The van der Waals surface area contributed by atoms with Crippen LogP contribution in [-0.2, 0) is 16.0 Å². The standard InChI is InChI=1S/C15H19N5O2/c1-2-20-10-14(17-18-20)12-7-13(9-16-8-12)19-4-3-15(11-19)21-5-6-22-15/h7-10H,2-6,11H2,1H3. The molecule has 0 saturated carbocycles. The van der Waals surface area contributed by atoms with Gasteiger partial charge in [0.15, 0.2) is 5.79 Å². The maximum absolute atomic E-state index is 5.78. The van der Waals surface area contributed by atoms with Crippen LogP contribution in [0.4, 0.5) is 5.69 Å². The third-order valence-corrected chi connectivity index (χ3v) is 4.26. The highest BCUT2D eigenvalue weighted by Crippen LogP contribution is 2.34. The number of rotatable bonds is 3. The average molecular weight is 301 g/mol. The van der Waals surface area contributed by atoms with E-state index in [1.165, 1.54) is 0 Å². The summed E-state index contributed by atoms with van der Waals surface area (Å²) in [5.74, 6) is -0.415. The highest BCUT2D eigenvalue weighted by molar-refractivity contribution is 5.63. The van der Waals surface area contributed by atoms with E-state index in [-0.39, 0.29) is 0 Å². The number of aromatic nitrogens is 4. The topological polar surface area (TPSA) is 65.3 Å². The molecule has 2 aliphatic rings. The van der Waals surface area contributed by atoms with E-state index in [1.54, 1.807) is 0 Å². The Bertz CT molecular complexity index is 665. The summed E-state index contributed by atoms with van der Waals surface area (Å²) < 4.78 is 13.4. The lowest BCUT2D eigenvalue weighted by molar-refractivity contribution is -0.137. The van der Waals surface area contributed by atoms with Crippen molar-refractivity contribution in [1.82, 2.24) is 20.0 Å². The molecule has 22 heavy (non-hydrogen) atoms. The van der Waals surface area contributed by atoms with Gasteiger partial charge in [-0.2, -0.15) is 0 Å². The van der Waals surface area contributed by atoms with Crippen LogP contribution < -0.4 is 4.90 Å². The van der Waals surface area contributed by atoms with Crippen molar-refractivity contribution in [2.75, 3.05) is 31.2 Å². The normalized spacial score (nSPS) is 20.1. The Kier molecular flexibility index (Phi) is 3.31. The molecule has 1 spiro atoms. The van der Waals surface area contributed by atoms with E-state index in [9.17, 15) is 0 Å². The van der Waals surface area contributed by atoms with E-state index >= 15 is 0 Å². The van der Waals surface area contributed by atoms with Crippen LogP contribution in [0.2, 0.25) is 0 Å². The number of ether oxygens (including phenoxy) is 2. The summed E-state index contributed by atoms with van der Waals surface area (Å²) >= 11 is 0. The van der Waals surface area contributed by atoms with Gasteiger partial charge in [0.05, 0.1) is 37.8 Å². The monoisotopic (exact) mass is 301 g/mol. The number of nitrogens with zero attached hydrogens (tertiary/aromatic N) is 5. The van der Waals surface area contributed by atoms with Gasteiger partial charge in [0, 0.05) is 31.3 Å². The minimum Gasteiger partial charge on any atom is -0.365 e. The zero-order valence-electron chi connectivity index (χ0n) is 12.6. The number of pyridine rings is 1. The van der Waals surface area contributed by atoms with Crippen LogP contribution in [0, 0.1) is 0 Å². The number of hydrogen-bond acceptors (Lipinski definition) is 6. The van der Waals surface area contributed by atoms with Crippen LogP contribution in [0.1, 0.15) is 13.3 Å². The van der Waals surface area contributed by atoms with Gasteiger partial charge in [-0.25, -0.2) is 0 Å². The minimum absolute atomic E-state index is 0.415. The third-order valence-electron chi connectivity index (χ3n) is 4.26. The molecule has 0 unspecified atom stereocenters. The van der Waals surface area contributed by atoms with E-state index in [4.69, 9.17) is 9.47 Å². The summed E-state index contributed by atoms with van der Waals surface area (Å²) in [6, 6.07) is 2.10. The molecule has 0 aliphatic carbocycles. The molecule has 0 atom stereocenters. The van der Waals surface area contributed by atoms with Gasteiger partial charge in [-0.15, -0.1) is 5.10 Å². The van der Waals surface area contributed by atoms with Gasteiger partial charge in [0.25, 0.3) is 0 Å². The summed E-state index contributed by atoms with van der Waals surface area (Å²) in [7, 11) is 0. The van der Waals surface area contributed by atoms with Gasteiger partial charge >= 0.3 is 0 Å². The molecule has 2 fully saturated rings. The molecule has 0 amide bonds. The van der Waals surface area contributed by atoms with Gasteiger partial charge in [-0.05, 0) is 13.0 Å². The van der Waals surface area contributed by atoms with Crippen LogP contribution in [0.5, 0.6) is 0 Å². The first-order valence-corrected chi connectivity index (χ1v) is 7.66. The first kappa shape index (κ1) is 13.7. The summed E-state index contributed by atoms with van der Waals surface area (Å²) in [5.41, 5.74) is 2.89. The zero-order chi connectivity index (χ0) is 15.0. The number of hydrogen-bond donors (Lipinski definition) is 0. The summed E-state index contributed by atoms with van der Waals surface area (Å²) in [5, 5.41) is 8.28. The van der Waals surface area contributed by atoms with Crippen molar-refractivity contribution in [3.05, 3.63) is 24.7 Å². The molecule has 7 heteroatoms. The average Bonchev–Trinajstić information content (AvgIpc) is 3.29. The smallest absolute Gasteiger partial charge is 0.187 e. The van der Waals surface area contributed by atoms with Crippen molar-refractivity contribution in [3.8, 4) is 11.3 Å². The number of aryl methyl sites for hydroxylation is 1. The maximum atomic E-state index is 5.78. The molecule has 2 aliphatic heterocycles. The van der Waals surface area contributed by atoms with Crippen LogP contribution in [0.15, 0.2) is 24.7 Å². The maximum Gasteiger partial charge on any atom is 0.187 e. The molecule has 4 heterocycles. The summed E-state index contributed by atoms with van der Waals surface area (Å²) in [6.07, 6.45) is 6.53. The molecule has 2 aromatic heterocycles. The fourth-order valence-corrected chi connectivity index (χ4v) is 3.03. The third kappa shape index (κ3) is 2.36. The molecule has 0 bridgehead atoms. The predicted molar refractivity (Wildman–Crippen MR) is 80.4 cm³/mol. The second-order valence-corrected chi connectivity index (χ2v) is 5.67. The Morgan fingerprint density at radius 3 is 2.91 bits per heavy atom. The lowest BCUT2D eigenvalue weighted by Crippen LogP contribution is -2.34. The Labute approximate surface area is 128 Å². The highest BCUT2D eigenvalue weighted by atomic mass is 16.7. The largest absolute Gasteiger partial charge is 0.365 e. The fourth-order valence-electron chi connectivity index (χ4n) is 3.03. The fraction of sp³-hybridized carbons (Fsp3) is 0.533. The van der Waals surface area contributed by atoms with Crippen molar-refractivity contribution < 1.29 is 9.47 Å². The lowest BCUT2D eigenvalue weighted by atomic mass is 10.2. The van der Waals surface area contributed by atoms with E-state index in [2.05, 4.69) is 26.3 Å². The molecular formula is C15H19N5O2. The van der Waals surface area contributed by atoms with Crippen molar-refractivity contribution in [2.45, 2.75) is 25.7 Å². The zero-order valence-corrected chi connectivity index (χ0v) is 12.6. The van der Waals surface area contributed by atoms with E-state index in [0.717, 1.165) is 43.0 Å². The van der Waals surface area contributed by atoms with Crippen LogP contribution >= 0.6 is 0 Å². The van der Waals surface area contributed by atoms with Crippen LogP contribution in [0.25, 0.3) is 11.3 Å². The van der Waals surface area contributed by atoms with Crippen LogP contribution in [-0.4, -0.2) is 52.1 Å². The Hall–Kier alpha value is -1.99. The second-order valence-electron chi connectivity index (χ2n) is 5.67. The van der Waals surface area contributed by atoms with E-state index in [1.807, 2.05) is 30.2 Å². The van der Waals surface area contributed by atoms with Gasteiger partial charge in [0.2, 0.25) is 0 Å². The van der Waals surface area contributed by atoms with Crippen molar-refractivity contribution in [2.24, 2.45) is 0 Å². The Morgan fingerprint density at radius 1 is 1.27 bits per heavy atom. The van der Waals surface area contributed by atoms with Gasteiger partial charge in [-0.3, -0.25) is 9.67 Å². The molecule has 2 aromatic rings. The van der Waals surface area contributed by atoms with Crippen molar-refractivity contribution in [1.29, 1.82) is 0 Å². The first-order chi connectivity index (χ1) is 10.8. The van der Waals surface area contributed by atoms with Crippen molar-refractivity contribution >= 4 is 5.69 Å². The lowest BCUT2D eigenvalue weighted by Gasteiger charge is -2.23. The molecule has 0 radical (unpaired) electrons. The molecular weight excluding hydrogens is 282 g/mol. The number of anilines is 1. The van der Waals surface area contributed by atoms with E-state index in [0.29, 0.717) is 13.2 Å². The molecule has 0 N–H and O–H groups in total. The quantitative estimate of drug-likeness (QED) is 0.852. The molecule has 0 aromatic carbocycles. The molecule has 4 rings (SSSR count). The van der Waals surface area contributed by atoms with Crippen molar-refractivity contribution in [3.63, 3.8) is 0 Å². The van der Waals surface area contributed by atoms with Crippen LogP contribution in [0.3, 0.4) is 0 Å². The Balaban J connectivity index is 1.57.